The molecule has 1 amide bonds. The first kappa shape index (κ1) is 12.3. The van der Waals surface area contributed by atoms with E-state index in [1.54, 1.807) is 17.0 Å². The lowest BCUT2D eigenvalue weighted by molar-refractivity contribution is 0.0520. The van der Waals surface area contributed by atoms with Gasteiger partial charge in [0.15, 0.2) is 0 Å². The molecule has 4 nitrogen and oxygen atoms in total. The molecule has 0 aliphatic heterocycles. The minimum Gasteiger partial charge on any atom is -0.395 e. The second kappa shape index (κ2) is 5.47. The van der Waals surface area contributed by atoms with Gasteiger partial charge in [0.25, 0.3) is 5.91 Å². The van der Waals surface area contributed by atoms with Crippen molar-refractivity contribution >= 4 is 17.5 Å². The summed E-state index contributed by atoms with van der Waals surface area (Å²) in [7, 11) is 0. The molecular formula is C12H15ClN2O2. The van der Waals surface area contributed by atoms with Crippen LogP contribution in [0.3, 0.4) is 0 Å². The number of hydrogen-bond donors (Lipinski definition) is 1. The van der Waals surface area contributed by atoms with Crippen molar-refractivity contribution in [3.8, 4) is 0 Å². The summed E-state index contributed by atoms with van der Waals surface area (Å²) in [6, 6.07) is 3.45. The van der Waals surface area contributed by atoms with E-state index < -0.39 is 0 Å². The minimum atomic E-state index is -0.147. The third-order valence-electron chi connectivity index (χ3n) is 3.06. The van der Waals surface area contributed by atoms with Gasteiger partial charge in [-0.2, -0.15) is 0 Å². The highest BCUT2D eigenvalue weighted by molar-refractivity contribution is 6.30. The molecule has 1 aliphatic carbocycles. The van der Waals surface area contributed by atoms with Gasteiger partial charge in [0.1, 0.15) is 5.69 Å². The Balaban J connectivity index is 2.15. The normalized spacial score (nSPS) is 15.4. The number of amides is 1. The molecule has 0 bridgehead atoms. The third kappa shape index (κ3) is 2.76. The molecule has 0 spiro atoms. The molecule has 2 rings (SSSR count). The molecule has 1 aromatic heterocycles. The van der Waals surface area contributed by atoms with Crippen molar-refractivity contribution in [3.05, 3.63) is 29.0 Å². The molecule has 1 fully saturated rings. The Morgan fingerprint density at radius 1 is 1.59 bits per heavy atom. The van der Waals surface area contributed by atoms with Gasteiger partial charge < -0.3 is 10.0 Å². The first-order valence-electron chi connectivity index (χ1n) is 5.76. The molecule has 1 aromatic rings. The van der Waals surface area contributed by atoms with Crippen LogP contribution in [0.2, 0.25) is 5.02 Å². The highest BCUT2D eigenvalue weighted by Gasteiger charge is 2.29. The molecule has 1 aliphatic rings. The lowest BCUT2D eigenvalue weighted by Crippen LogP contribution is -2.45. The second-order valence-electron chi connectivity index (χ2n) is 4.17. The number of aliphatic hydroxyl groups excluding tert-OH is 1. The Morgan fingerprint density at radius 3 is 2.88 bits per heavy atom. The Bertz CT molecular complexity index is 407. The van der Waals surface area contributed by atoms with Gasteiger partial charge in [-0.1, -0.05) is 11.6 Å². The number of carbonyl (C=O) groups is 1. The Labute approximate surface area is 105 Å². The van der Waals surface area contributed by atoms with E-state index in [1.807, 2.05) is 0 Å². The van der Waals surface area contributed by atoms with E-state index in [9.17, 15) is 4.79 Å². The smallest absolute Gasteiger partial charge is 0.272 e. The number of hydrogen-bond acceptors (Lipinski definition) is 3. The lowest BCUT2D eigenvalue weighted by atomic mass is 9.91. The van der Waals surface area contributed by atoms with E-state index in [-0.39, 0.29) is 18.6 Å². The van der Waals surface area contributed by atoms with Gasteiger partial charge in [0, 0.05) is 23.8 Å². The van der Waals surface area contributed by atoms with Crippen LogP contribution in [0.25, 0.3) is 0 Å². The van der Waals surface area contributed by atoms with Crippen LogP contribution in [-0.4, -0.2) is 40.1 Å². The molecule has 0 atom stereocenters. The van der Waals surface area contributed by atoms with Gasteiger partial charge in [-0.05, 0) is 31.4 Å². The van der Waals surface area contributed by atoms with Gasteiger partial charge in [-0.3, -0.25) is 9.78 Å². The number of rotatable bonds is 4. The first-order valence-corrected chi connectivity index (χ1v) is 6.13. The zero-order chi connectivity index (χ0) is 12.3. The zero-order valence-corrected chi connectivity index (χ0v) is 10.2. The topological polar surface area (TPSA) is 53.4 Å². The van der Waals surface area contributed by atoms with Crippen molar-refractivity contribution in [2.24, 2.45) is 0 Å². The van der Waals surface area contributed by atoms with Crippen molar-refractivity contribution in [2.75, 3.05) is 13.2 Å². The molecule has 0 saturated heterocycles. The maximum absolute atomic E-state index is 12.2. The summed E-state index contributed by atoms with van der Waals surface area (Å²) in [5, 5.41) is 9.52. The number of aliphatic hydroxyl groups is 1. The third-order valence-corrected chi connectivity index (χ3v) is 3.29. The van der Waals surface area contributed by atoms with Crippen LogP contribution < -0.4 is 0 Å². The summed E-state index contributed by atoms with van der Waals surface area (Å²) < 4.78 is 0. The quantitative estimate of drug-likeness (QED) is 0.890. The van der Waals surface area contributed by atoms with Crippen molar-refractivity contribution < 1.29 is 9.90 Å². The summed E-state index contributed by atoms with van der Waals surface area (Å²) >= 11 is 5.84. The van der Waals surface area contributed by atoms with Gasteiger partial charge in [-0.15, -0.1) is 0 Å². The maximum atomic E-state index is 12.2. The molecule has 1 N–H and O–H groups in total. The summed E-state index contributed by atoms with van der Waals surface area (Å²) in [5.41, 5.74) is 0.345. The Hall–Kier alpha value is -1.13. The van der Waals surface area contributed by atoms with Crippen LogP contribution >= 0.6 is 11.6 Å². The second-order valence-corrected chi connectivity index (χ2v) is 4.60. The van der Waals surface area contributed by atoms with Gasteiger partial charge in [0.05, 0.1) is 6.61 Å². The van der Waals surface area contributed by atoms with Crippen molar-refractivity contribution in [2.45, 2.75) is 25.3 Å². The lowest BCUT2D eigenvalue weighted by Gasteiger charge is -2.37. The van der Waals surface area contributed by atoms with Gasteiger partial charge in [-0.25, -0.2) is 0 Å². The van der Waals surface area contributed by atoms with Crippen LogP contribution in [0.4, 0.5) is 0 Å². The predicted molar refractivity (Wildman–Crippen MR) is 65.0 cm³/mol. The molecule has 0 aromatic carbocycles. The Kier molecular flexibility index (Phi) is 3.97. The van der Waals surface area contributed by atoms with Gasteiger partial charge in [0.2, 0.25) is 0 Å². The number of nitrogens with zero attached hydrogens (tertiary/aromatic N) is 2. The SMILES string of the molecule is O=C(c1cc(Cl)ccn1)N(CCO)C1CCC1. The largest absolute Gasteiger partial charge is 0.395 e. The van der Waals surface area contributed by atoms with E-state index >= 15 is 0 Å². The summed E-state index contributed by atoms with van der Waals surface area (Å²) in [4.78, 5) is 17.9. The molecule has 92 valence electrons. The van der Waals surface area contributed by atoms with Crippen LogP contribution in [0.15, 0.2) is 18.3 Å². The summed E-state index contributed by atoms with van der Waals surface area (Å²) in [6.07, 6.45) is 4.68. The minimum absolute atomic E-state index is 0.0250. The maximum Gasteiger partial charge on any atom is 0.272 e. The monoisotopic (exact) mass is 254 g/mol. The number of pyridine rings is 1. The highest BCUT2D eigenvalue weighted by atomic mass is 35.5. The molecular weight excluding hydrogens is 240 g/mol. The molecule has 1 saturated carbocycles. The first-order chi connectivity index (χ1) is 8.22. The molecule has 0 unspecified atom stereocenters. The molecule has 5 heteroatoms. The average molecular weight is 255 g/mol. The number of carbonyl (C=O) groups excluding carboxylic acids is 1. The average Bonchev–Trinajstić information content (AvgIpc) is 2.25. The number of halogens is 1. The summed E-state index contributed by atoms with van der Waals surface area (Å²) in [5.74, 6) is -0.147. The van der Waals surface area contributed by atoms with Crippen molar-refractivity contribution in [1.29, 1.82) is 0 Å². The van der Waals surface area contributed by atoms with E-state index in [0.717, 1.165) is 19.3 Å². The van der Waals surface area contributed by atoms with E-state index in [0.29, 0.717) is 17.3 Å². The molecule has 1 heterocycles. The standard InChI is InChI=1S/C12H15ClN2O2/c13-9-4-5-14-11(8-9)12(17)15(6-7-16)10-2-1-3-10/h4-5,8,10,16H,1-3,6-7H2. The fourth-order valence-electron chi connectivity index (χ4n) is 1.92. The molecule has 17 heavy (non-hydrogen) atoms. The van der Waals surface area contributed by atoms with Crippen LogP contribution in [0.1, 0.15) is 29.8 Å². The fraction of sp³-hybridized carbons (Fsp3) is 0.500. The van der Waals surface area contributed by atoms with Crippen LogP contribution in [-0.2, 0) is 0 Å². The molecule has 0 radical (unpaired) electrons. The van der Waals surface area contributed by atoms with Crippen LogP contribution in [0.5, 0.6) is 0 Å². The predicted octanol–water partition coefficient (Wildman–Crippen LogP) is 1.72. The zero-order valence-electron chi connectivity index (χ0n) is 9.47. The highest BCUT2D eigenvalue weighted by Crippen LogP contribution is 2.26. The van der Waals surface area contributed by atoms with Crippen molar-refractivity contribution in [3.63, 3.8) is 0 Å². The van der Waals surface area contributed by atoms with Gasteiger partial charge >= 0.3 is 0 Å². The number of aromatic nitrogens is 1. The van der Waals surface area contributed by atoms with E-state index in [2.05, 4.69) is 4.98 Å². The summed E-state index contributed by atoms with van der Waals surface area (Å²) in [6.45, 7) is 0.334. The Morgan fingerprint density at radius 2 is 2.35 bits per heavy atom. The van der Waals surface area contributed by atoms with Crippen molar-refractivity contribution in [1.82, 2.24) is 9.88 Å². The van der Waals surface area contributed by atoms with E-state index in [1.165, 1.54) is 6.20 Å². The van der Waals surface area contributed by atoms with E-state index in [4.69, 9.17) is 16.7 Å². The van der Waals surface area contributed by atoms with Crippen LogP contribution in [0, 0.1) is 0 Å². The fourth-order valence-corrected chi connectivity index (χ4v) is 2.08.